The van der Waals surface area contributed by atoms with Crippen molar-refractivity contribution in [2.24, 2.45) is 5.92 Å². The fourth-order valence-electron chi connectivity index (χ4n) is 6.73. The molecule has 2 bridgehead atoms. The number of piperidine rings is 1. The van der Waals surface area contributed by atoms with Crippen LogP contribution in [-0.4, -0.2) is 41.6 Å². The molecule has 4 nitrogen and oxygen atoms in total. The Morgan fingerprint density at radius 3 is 2.93 bits per heavy atom. The monoisotopic (exact) mass is 478 g/mol. The summed E-state index contributed by atoms with van der Waals surface area (Å²) in [4.78, 5) is 12.2. The van der Waals surface area contributed by atoms with E-state index in [0.29, 0.717) is 11.8 Å². The predicted molar refractivity (Wildman–Crippen MR) is 102 cm³/mol. The molecule has 1 aliphatic carbocycles. The minimum atomic E-state index is -0.130. The zero-order valence-corrected chi connectivity index (χ0v) is 18.1. The van der Waals surface area contributed by atoms with Gasteiger partial charge in [0.15, 0.2) is 0 Å². The molecule has 0 aromatic heterocycles. The number of benzene rings is 1. The number of carbonyl (C=O) groups excluding carboxylic acids is 1. The molecule has 4 aliphatic rings. The molecule has 144 valence electrons. The first-order valence-electron chi connectivity index (χ1n) is 9.91. The van der Waals surface area contributed by atoms with Crippen LogP contribution >= 0.6 is 0 Å². The van der Waals surface area contributed by atoms with Crippen molar-refractivity contribution in [1.29, 1.82) is 0 Å². The molecule has 5 heteroatoms. The van der Waals surface area contributed by atoms with E-state index in [2.05, 4.69) is 31.3 Å². The molecule has 2 saturated heterocycles. The summed E-state index contributed by atoms with van der Waals surface area (Å²) in [6, 6.07) is 6.35. The highest BCUT2D eigenvalue weighted by molar-refractivity contribution is 5.85. The third-order valence-electron chi connectivity index (χ3n) is 7.64. The molecule has 0 radical (unpaired) electrons. The number of hydrogen-bond donors (Lipinski definition) is 2. The van der Waals surface area contributed by atoms with E-state index in [9.17, 15) is 9.90 Å². The second-order valence-electron chi connectivity index (χ2n) is 8.49. The van der Waals surface area contributed by atoms with Gasteiger partial charge in [0.05, 0.1) is 24.2 Å². The van der Waals surface area contributed by atoms with Crippen LogP contribution in [0.3, 0.4) is 0 Å². The molecule has 2 N–H and O–H groups in total. The Hall–Kier alpha value is -1.34. The van der Waals surface area contributed by atoms with Crippen LogP contribution in [0.4, 0.5) is 5.69 Å². The predicted octanol–water partition coefficient (Wildman–Crippen LogP) is 0.491. The molecule has 3 aliphatic heterocycles. The van der Waals surface area contributed by atoms with Gasteiger partial charge >= 0.3 is 0 Å². The molecular formula is C22H27IN2O2. The average Bonchev–Trinajstić information content (AvgIpc) is 3.17. The van der Waals surface area contributed by atoms with Crippen molar-refractivity contribution in [2.75, 3.05) is 25.0 Å². The number of anilines is 1. The maximum Gasteiger partial charge on any atom is 0.148 e. The summed E-state index contributed by atoms with van der Waals surface area (Å²) >= 11 is 0. The van der Waals surface area contributed by atoms with E-state index in [0.717, 1.165) is 53.7 Å². The van der Waals surface area contributed by atoms with Crippen molar-refractivity contribution < 1.29 is 38.4 Å². The highest BCUT2D eigenvalue weighted by atomic mass is 127. The van der Waals surface area contributed by atoms with E-state index < -0.39 is 0 Å². The van der Waals surface area contributed by atoms with Gasteiger partial charge in [-0.05, 0) is 30.5 Å². The second kappa shape index (κ2) is 6.34. The maximum absolute atomic E-state index is 12.2. The SMILES string of the molecule is CC=C1C[N+]2(CCC)CCC34C(=C(C=O)[C@H]1C[C@@H]32)Nc1c(O)cccc14.[I-]. The van der Waals surface area contributed by atoms with E-state index >= 15 is 0 Å². The minimum Gasteiger partial charge on any atom is -1.00 e. The molecule has 1 aromatic carbocycles. The second-order valence-corrected chi connectivity index (χ2v) is 8.49. The first-order valence-corrected chi connectivity index (χ1v) is 9.91. The quantitative estimate of drug-likeness (QED) is 0.219. The Morgan fingerprint density at radius 1 is 1.41 bits per heavy atom. The molecular weight excluding hydrogens is 451 g/mol. The molecule has 0 saturated carbocycles. The van der Waals surface area contributed by atoms with Crippen LogP contribution < -0.4 is 29.3 Å². The number of hydrogen-bond acceptors (Lipinski definition) is 3. The van der Waals surface area contributed by atoms with Crippen molar-refractivity contribution in [3.8, 4) is 5.75 Å². The number of carbonyl (C=O) groups is 1. The molecule has 27 heavy (non-hydrogen) atoms. The van der Waals surface area contributed by atoms with Gasteiger partial charge in [-0.3, -0.25) is 4.79 Å². The molecule has 1 spiro atoms. The normalized spacial score (nSPS) is 36.7. The number of allylic oxidation sites excluding steroid dienone is 2. The lowest BCUT2D eigenvalue weighted by molar-refractivity contribution is -0.941. The van der Waals surface area contributed by atoms with E-state index in [1.165, 1.54) is 24.1 Å². The number of nitrogens with zero attached hydrogens (tertiary/aromatic N) is 1. The Kier molecular flexibility index (Phi) is 4.46. The Morgan fingerprint density at radius 2 is 2.22 bits per heavy atom. The van der Waals surface area contributed by atoms with Gasteiger partial charge in [-0.2, -0.15) is 0 Å². The number of nitrogens with one attached hydrogen (secondary N) is 1. The largest absolute Gasteiger partial charge is 1.00 e. The van der Waals surface area contributed by atoms with Crippen molar-refractivity contribution in [3.05, 3.63) is 46.7 Å². The van der Waals surface area contributed by atoms with E-state index in [-0.39, 0.29) is 35.3 Å². The molecule has 0 amide bonds. The summed E-state index contributed by atoms with van der Waals surface area (Å²) < 4.78 is 1.14. The van der Waals surface area contributed by atoms with Crippen molar-refractivity contribution >= 4 is 12.0 Å². The summed E-state index contributed by atoms with van der Waals surface area (Å²) in [7, 11) is 0. The fourth-order valence-corrected chi connectivity index (χ4v) is 6.73. The smallest absolute Gasteiger partial charge is 0.148 e. The number of halogens is 1. The van der Waals surface area contributed by atoms with Crippen molar-refractivity contribution in [3.63, 3.8) is 0 Å². The highest BCUT2D eigenvalue weighted by Crippen LogP contribution is 2.64. The van der Waals surface area contributed by atoms with Gasteiger partial charge in [0.1, 0.15) is 24.6 Å². The highest BCUT2D eigenvalue weighted by Gasteiger charge is 2.68. The van der Waals surface area contributed by atoms with Crippen LogP contribution in [0.25, 0.3) is 0 Å². The first-order chi connectivity index (χ1) is 12.6. The lowest BCUT2D eigenvalue weighted by atomic mass is 9.61. The van der Waals surface area contributed by atoms with Gasteiger partial charge in [-0.15, -0.1) is 0 Å². The van der Waals surface area contributed by atoms with Crippen LogP contribution in [0.5, 0.6) is 5.75 Å². The number of rotatable bonds is 3. The Balaban J connectivity index is 0.00000180. The summed E-state index contributed by atoms with van der Waals surface area (Å²) in [5.74, 6) is 0.529. The maximum atomic E-state index is 12.2. The zero-order chi connectivity index (χ0) is 18.1. The average molecular weight is 478 g/mol. The third kappa shape index (κ3) is 2.15. The summed E-state index contributed by atoms with van der Waals surface area (Å²) in [6.45, 7) is 7.80. The summed E-state index contributed by atoms with van der Waals surface area (Å²) in [6.07, 6.45) is 6.60. The number of aromatic hydroxyl groups is 1. The number of aldehydes is 1. The number of fused-ring (bicyclic) bond motifs is 2. The van der Waals surface area contributed by atoms with Gasteiger partial charge in [-0.25, -0.2) is 0 Å². The van der Waals surface area contributed by atoms with Gasteiger partial charge in [0.25, 0.3) is 0 Å². The van der Waals surface area contributed by atoms with Crippen molar-refractivity contribution in [2.45, 2.75) is 44.6 Å². The van der Waals surface area contributed by atoms with Crippen LogP contribution in [-0.2, 0) is 10.2 Å². The van der Waals surface area contributed by atoms with Gasteiger partial charge in [0.2, 0.25) is 0 Å². The van der Waals surface area contributed by atoms with Crippen LogP contribution in [0.2, 0.25) is 0 Å². The topological polar surface area (TPSA) is 49.3 Å². The minimum absolute atomic E-state index is 0. The van der Waals surface area contributed by atoms with E-state index in [4.69, 9.17) is 0 Å². The summed E-state index contributed by atoms with van der Waals surface area (Å²) in [5, 5.41) is 14.0. The van der Waals surface area contributed by atoms with Gasteiger partial charge in [-0.1, -0.05) is 25.1 Å². The molecule has 3 heterocycles. The zero-order valence-electron chi connectivity index (χ0n) is 16.0. The number of phenolic OH excluding ortho intramolecular Hbond substituents is 1. The van der Waals surface area contributed by atoms with Gasteiger partial charge in [0, 0.05) is 30.0 Å². The molecule has 5 rings (SSSR count). The third-order valence-corrected chi connectivity index (χ3v) is 7.64. The molecule has 2 fully saturated rings. The number of phenols is 1. The van der Waals surface area contributed by atoms with Crippen LogP contribution in [0.15, 0.2) is 41.1 Å². The lowest BCUT2D eigenvalue weighted by Crippen LogP contribution is -3.00. The Labute approximate surface area is 177 Å². The summed E-state index contributed by atoms with van der Waals surface area (Å²) in [5.41, 5.74) is 5.32. The lowest BCUT2D eigenvalue weighted by Gasteiger charge is -2.53. The van der Waals surface area contributed by atoms with Gasteiger partial charge < -0.3 is 38.9 Å². The number of quaternary nitrogens is 1. The van der Waals surface area contributed by atoms with Crippen LogP contribution in [0.1, 0.15) is 38.7 Å². The molecule has 4 atom stereocenters. The molecule has 2 unspecified atom stereocenters. The van der Waals surface area contributed by atoms with E-state index in [1.807, 2.05) is 6.07 Å². The number of para-hydroxylation sites is 1. The first kappa shape index (κ1) is 19.0. The van der Waals surface area contributed by atoms with Crippen molar-refractivity contribution in [1.82, 2.24) is 0 Å². The van der Waals surface area contributed by atoms with E-state index in [1.54, 1.807) is 6.07 Å². The molecule has 1 aromatic rings. The Bertz CT molecular complexity index is 877. The fraction of sp³-hybridized carbons (Fsp3) is 0.500. The standard InChI is InChI=1S/C22H26N2O2.HI/c1-3-9-24-10-8-22-17-6-5-7-18(26)20(17)23-21(22)16(13-25)15(11-19(22)24)14(4-2)12-24;/h4-7,13,15,19H,3,8-12H2,1-2H3,(H-,23,25,26);1H/t15-,19-,22?,24?;/m0./s1. The van der Waals surface area contributed by atoms with Crippen LogP contribution in [0, 0.1) is 5.92 Å².